The van der Waals surface area contributed by atoms with Gasteiger partial charge >= 0.3 is 0 Å². The monoisotopic (exact) mass is 629 g/mol. The van der Waals surface area contributed by atoms with E-state index in [1.807, 2.05) is 19.1 Å². The Morgan fingerprint density at radius 2 is 1.57 bits per heavy atom. The fourth-order valence-electron chi connectivity index (χ4n) is 11.2. The van der Waals surface area contributed by atoms with Crippen LogP contribution >= 0.6 is 0 Å². The van der Waals surface area contributed by atoms with Crippen molar-refractivity contribution in [3.63, 3.8) is 0 Å². The molecule has 1 unspecified atom stereocenters. The van der Waals surface area contributed by atoms with Crippen LogP contribution in [0.3, 0.4) is 0 Å². The van der Waals surface area contributed by atoms with Gasteiger partial charge in [0.2, 0.25) is 5.91 Å². The Bertz CT molecular complexity index is 1300. The van der Waals surface area contributed by atoms with Gasteiger partial charge < -0.3 is 10.2 Å². The molecule has 248 valence electrons. The van der Waals surface area contributed by atoms with E-state index in [4.69, 9.17) is 0 Å². The lowest BCUT2D eigenvalue weighted by Crippen LogP contribution is -2.62. The van der Waals surface area contributed by atoms with Gasteiger partial charge in [-0.2, -0.15) is 0 Å². The average Bonchev–Trinajstić information content (AvgIpc) is 3.30. The van der Waals surface area contributed by atoms with Gasteiger partial charge in [-0.25, -0.2) is 13.1 Å². The SMILES string of the molecule is CC[C@@H]1C2C[C@H](O)CC[C@]2(C)[C@H]2CC[C@]3(C)[C@@H]([C@H](C)C[C@@H](C)C(=O)NS(=O)(=O)c4ccc(C(C)(C)C)cc4)CC[C@H]3[C@@H]2[C@@H]1O. The normalized spacial score (nSPS) is 40.3. The quantitative estimate of drug-likeness (QED) is 0.299. The summed E-state index contributed by atoms with van der Waals surface area (Å²) >= 11 is 0. The maximum Gasteiger partial charge on any atom is 0.264 e. The van der Waals surface area contributed by atoms with E-state index in [-0.39, 0.29) is 45.2 Å². The van der Waals surface area contributed by atoms with Crippen LogP contribution in [0, 0.1) is 58.2 Å². The van der Waals surface area contributed by atoms with E-state index < -0.39 is 21.8 Å². The van der Waals surface area contributed by atoms with Crippen LogP contribution in [-0.2, 0) is 20.2 Å². The van der Waals surface area contributed by atoms with Crippen LogP contribution in [0.1, 0.15) is 119 Å². The third-order valence-corrected chi connectivity index (χ3v) is 15.0. The van der Waals surface area contributed by atoms with E-state index >= 15 is 0 Å². The Morgan fingerprint density at radius 1 is 0.955 bits per heavy atom. The van der Waals surface area contributed by atoms with Gasteiger partial charge in [0, 0.05) is 5.92 Å². The molecule has 0 aliphatic heterocycles. The van der Waals surface area contributed by atoms with E-state index in [2.05, 4.69) is 53.2 Å². The van der Waals surface area contributed by atoms with Crippen molar-refractivity contribution in [3.05, 3.63) is 29.8 Å². The summed E-state index contributed by atoms with van der Waals surface area (Å²) in [6.45, 7) is 17.5. The second-order valence-electron chi connectivity index (χ2n) is 17.0. The molecule has 5 rings (SSSR count). The molecule has 0 radical (unpaired) electrons. The number of nitrogens with one attached hydrogen (secondary N) is 1. The Hall–Kier alpha value is -1.44. The molecule has 3 N–H and O–H groups in total. The van der Waals surface area contributed by atoms with Crippen LogP contribution in [0.25, 0.3) is 0 Å². The lowest BCUT2D eigenvalue weighted by atomic mass is 9.41. The number of amides is 1. The summed E-state index contributed by atoms with van der Waals surface area (Å²) in [5.74, 6) is 1.73. The molecule has 4 saturated carbocycles. The molecule has 12 atom stereocenters. The smallest absolute Gasteiger partial charge is 0.264 e. The zero-order valence-electron chi connectivity index (χ0n) is 28.5. The van der Waals surface area contributed by atoms with Gasteiger partial charge in [0.15, 0.2) is 0 Å². The fourth-order valence-corrected chi connectivity index (χ4v) is 12.3. The summed E-state index contributed by atoms with van der Waals surface area (Å²) in [6.07, 6.45) is 8.28. The second kappa shape index (κ2) is 12.0. The molecule has 6 nitrogen and oxygen atoms in total. The Labute approximate surface area is 267 Å². The first-order valence-electron chi connectivity index (χ1n) is 17.5. The summed E-state index contributed by atoms with van der Waals surface area (Å²) in [4.78, 5) is 13.3. The molecular formula is C37H59NO5S. The largest absolute Gasteiger partial charge is 0.393 e. The highest BCUT2D eigenvalue weighted by molar-refractivity contribution is 7.90. The summed E-state index contributed by atoms with van der Waals surface area (Å²) in [5.41, 5.74) is 1.24. The molecule has 0 aromatic heterocycles. The standard InChI is InChI=1S/C37H59NO5S/c1-9-27-31-21-25(39)16-18-37(31,8)30-17-19-36(7)28(14-15-29(36)32(30)33(27)40)22(2)20-23(3)34(41)38-44(42,43)26-12-10-24(11-13-26)35(4,5)6/h10-13,22-23,25,27-33,39-40H,9,14-21H2,1-8H3,(H,38,41)/t22-,23-,25-,27-,28-,29+,30+,31?,32+,33-,36-,37-/m1/s1. The number of benzene rings is 1. The van der Waals surface area contributed by atoms with Gasteiger partial charge in [-0.3, -0.25) is 4.79 Å². The molecule has 7 heteroatoms. The van der Waals surface area contributed by atoms with Gasteiger partial charge in [0.05, 0.1) is 17.1 Å². The highest BCUT2D eigenvalue weighted by atomic mass is 32.2. The van der Waals surface area contributed by atoms with Gasteiger partial charge in [0.25, 0.3) is 10.0 Å². The molecule has 0 bridgehead atoms. The lowest BCUT2D eigenvalue weighted by Gasteiger charge is -2.64. The van der Waals surface area contributed by atoms with Gasteiger partial charge in [-0.1, -0.05) is 73.9 Å². The molecule has 4 fully saturated rings. The van der Waals surface area contributed by atoms with Crippen LogP contribution in [0.5, 0.6) is 0 Å². The maximum atomic E-state index is 13.2. The molecule has 0 saturated heterocycles. The van der Waals surface area contributed by atoms with Crippen molar-refractivity contribution in [1.82, 2.24) is 4.72 Å². The molecular weight excluding hydrogens is 570 g/mol. The van der Waals surface area contributed by atoms with Crippen LogP contribution in [0.15, 0.2) is 29.2 Å². The third kappa shape index (κ3) is 5.81. The van der Waals surface area contributed by atoms with Crippen molar-refractivity contribution in [2.75, 3.05) is 0 Å². The van der Waals surface area contributed by atoms with Gasteiger partial charge in [-0.15, -0.1) is 0 Å². The highest BCUT2D eigenvalue weighted by Crippen LogP contribution is 2.69. The molecule has 4 aliphatic rings. The average molecular weight is 630 g/mol. The fraction of sp³-hybridized carbons (Fsp3) is 0.811. The topological polar surface area (TPSA) is 104 Å². The predicted molar refractivity (Wildman–Crippen MR) is 175 cm³/mol. The van der Waals surface area contributed by atoms with Gasteiger partial charge in [0.1, 0.15) is 0 Å². The Balaban J connectivity index is 1.27. The summed E-state index contributed by atoms with van der Waals surface area (Å²) in [6, 6.07) is 6.81. The van der Waals surface area contributed by atoms with Crippen molar-refractivity contribution in [2.24, 2.45) is 58.2 Å². The minimum atomic E-state index is -3.94. The zero-order chi connectivity index (χ0) is 32.4. The first-order valence-corrected chi connectivity index (χ1v) is 19.0. The molecule has 1 amide bonds. The van der Waals surface area contributed by atoms with Gasteiger partial charge in [-0.05, 0) is 127 Å². The summed E-state index contributed by atoms with van der Waals surface area (Å²) in [5, 5.41) is 22.5. The number of rotatable bonds is 7. The lowest BCUT2D eigenvalue weighted by molar-refractivity contribution is -0.203. The molecule has 44 heavy (non-hydrogen) atoms. The summed E-state index contributed by atoms with van der Waals surface area (Å²) in [7, 11) is -3.94. The van der Waals surface area contributed by atoms with Crippen molar-refractivity contribution in [1.29, 1.82) is 0 Å². The van der Waals surface area contributed by atoms with E-state index in [1.54, 1.807) is 12.1 Å². The number of aliphatic hydroxyl groups is 2. The number of carbonyl (C=O) groups is 1. The minimum Gasteiger partial charge on any atom is -0.393 e. The van der Waals surface area contributed by atoms with E-state index in [0.29, 0.717) is 36.0 Å². The van der Waals surface area contributed by atoms with Crippen molar-refractivity contribution in [2.45, 2.75) is 136 Å². The molecule has 0 heterocycles. The van der Waals surface area contributed by atoms with E-state index in [9.17, 15) is 23.4 Å². The van der Waals surface area contributed by atoms with Crippen molar-refractivity contribution in [3.8, 4) is 0 Å². The van der Waals surface area contributed by atoms with Crippen molar-refractivity contribution < 1.29 is 23.4 Å². The maximum absolute atomic E-state index is 13.2. The van der Waals surface area contributed by atoms with Crippen LogP contribution in [-0.4, -0.2) is 36.7 Å². The molecule has 1 aromatic carbocycles. The minimum absolute atomic E-state index is 0.0854. The van der Waals surface area contributed by atoms with Crippen LogP contribution in [0.4, 0.5) is 0 Å². The molecule has 0 spiro atoms. The zero-order valence-corrected chi connectivity index (χ0v) is 29.3. The second-order valence-corrected chi connectivity index (χ2v) is 18.7. The predicted octanol–water partition coefficient (Wildman–Crippen LogP) is 7.08. The number of aliphatic hydroxyl groups excluding tert-OH is 2. The Morgan fingerprint density at radius 3 is 2.18 bits per heavy atom. The number of sulfonamides is 1. The van der Waals surface area contributed by atoms with Crippen LogP contribution in [0.2, 0.25) is 0 Å². The molecule has 4 aliphatic carbocycles. The third-order valence-electron chi connectivity index (χ3n) is 13.6. The summed E-state index contributed by atoms with van der Waals surface area (Å²) < 4.78 is 28.5. The Kier molecular flexibility index (Phi) is 9.23. The first-order chi connectivity index (χ1) is 20.4. The van der Waals surface area contributed by atoms with E-state index in [1.165, 1.54) is 0 Å². The number of hydrogen-bond acceptors (Lipinski definition) is 5. The van der Waals surface area contributed by atoms with Crippen molar-refractivity contribution >= 4 is 15.9 Å². The number of carbonyl (C=O) groups excluding carboxylic acids is 1. The van der Waals surface area contributed by atoms with Crippen LogP contribution < -0.4 is 4.72 Å². The molecule has 1 aromatic rings. The number of hydrogen-bond donors (Lipinski definition) is 3. The van der Waals surface area contributed by atoms with E-state index in [0.717, 1.165) is 56.9 Å². The first kappa shape index (κ1) is 33.9. The highest BCUT2D eigenvalue weighted by Gasteiger charge is 2.64. The number of fused-ring (bicyclic) bond motifs is 5.